The van der Waals surface area contributed by atoms with E-state index in [4.69, 9.17) is 4.74 Å². The summed E-state index contributed by atoms with van der Waals surface area (Å²) < 4.78 is 5.52. The molecule has 0 spiro atoms. The molecule has 1 unspecified atom stereocenters. The van der Waals surface area contributed by atoms with Crippen molar-refractivity contribution in [1.29, 1.82) is 0 Å². The minimum Gasteiger partial charge on any atom is -0.380 e. The number of aromatic nitrogens is 1. The standard InChI is InChI=1S/C22H34N4O2/c27-22(25-11-2-15-28-16-14-25)20-3-1-10-26(18-20)21-6-12-24(13-7-21)17-19-4-8-23-9-5-19/h4-5,8-9,20-21H,1-3,6-7,10-18H2. The van der Waals surface area contributed by atoms with E-state index < -0.39 is 0 Å². The fourth-order valence-electron chi connectivity index (χ4n) is 4.95. The van der Waals surface area contributed by atoms with Crippen LogP contribution in [0.25, 0.3) is 0 Å². The van der Waals surface area contributed by atoms with Crippen molar-refractivity contribution >= 4 is 5.91 Å². The fourth-order valence-corrected chi connectivity index (χ4v) is 4.95. The van der Waals surface area contributed by atoms with Gasteiger partial charge in [-0.25, -0.2) is 0 Å². The zero-order valence-electron chi connectivity index (χ0n) is 17.0. The normalized spacial score (nSPS) is 26.1. The minimum atomic E-state index is 0.182. The summed E-state index contributed by atoms with van der Waals surface area (Å²) in [5, 5.41) is 0. The molecule has 1 atom stereocenters. The number of hydrogen-bond donors (Lipinski definition) is 0. The molecule has 3 aliphatic rings. The SMILES string of the molecule is O=C(C1CCCN(C2CCN(Cc3ccncc3)CC2)C1)N1CCCOCC1. The fraction of sp³-hybridized carbons (Fsp3) is 0.727. The first-order chi connectivity index (χ1) is 13.8. The summed E-state index contributed by atoms with van der Waals surface area (Å²) in [7, 11) is 0. The van der Waals surface area contributed by atoms with Crippen LogP contribution < -0.4 is 0 Å². The van der Waals surface area contributed by atoms with E-state index in [2.05, 4.69) is 31.8 Å². The molecular weight excluding hydrogens is 352 g/mol. The smallest absolute Gasteiger partial charge is 0.227 e. The number of pyridine rings is 1. The van der Waals surface area contributed by atoms with Crippen molar-refractivity contribution in [3.8, 4) is 0 Å². The molecule has 1 amide bonds. The largest absolute Gasteiger partial charge is 0.380 e. The molecule has 0 radical (unpaired) electrons. The van der Waals surface area contributed by atoms with Crippen LogP contribution in [0.2, 0.25) is 0 Å². The summed E-state index contributed by atoms with van der Waals surface area (Å²) in [6, 6.07) is 4.86. The molecule has 28 heavy (non-hydrogen) atoms. The van der Waals surface area contributed by atoms with Crippen molar-refractivity contribution in [2.75, 3.05) is 52.5 Å². The van der Waals surface area contributed by atoms with Gasteiger partial charge in [-0.1, -0.05) is 0 Å². The van der Waals surface area contributed by atoms with Gasteiger partial charge in [-0.15, -0.1) is 0 Å². The summed E-state index contributed by atoms with van der Waals surface area (Å²) in [5.41, 5.74) is 1.35. The highest BCUT2D eigenvalue weighted by atomic mass is 16.5. The topological polar surface area (TPSA) is 48.9 Å². The molecule has 0 saturated carbocycles. The highest BCUT2D eigenvalue weighted by molar-refractivity contribution is 5.79. The molecule has 0 bridgehead atoms. The molecule has 3 saturated heterocycles. The van der Waals surface area contributed by atoms with E-state index in [9.17, 15) is 4.79 Å². The van der Waals surface area contributed by atoms with Crippen LogP contribution >= 0.6 is 0 Å². The maximum atomic E-state index is 13.0. The molecule has 0 N–H and O–H groups in total. The molecule has 0 aliphatic carbocycles. The Morgan fingerprint density at radius 2 is 1.82 bits per heavy atom. The number of likely N-dealkylation sites (tertiary alicyclic amines) is 2. The second-order valence-electron chi connectivity index (χ2n) is 8.49. The Hall–Kier alpha value is -1.50. The summed E-state index contributed by atoms with van der Waals surface area (Å²) in [6.07, 6.45) is 9.35. The Labute approximate surface area is 168 Å². The Morgan fingerprint density at radius 3 is 2.64 bits per heavy atom. The quantitative estimate of drug-likeness (QED) is 0.792. The van der Waals surface area contributed by atoms with Crippen molar-refractivity contribution in [3.63, 3.8) is 0 Å². The third-order valence-electron chi connectivity index (χ3n) is 6.57. The zero-order valence-corrected chi connectivity index (χ0v) is 17.0. The lowest BCUT2D eigenvalue weighted by Gasteiger charge is -2.42. The first-order valence-electron chi connectivity index (χ1n) is 11.0. The van der Waals surface area contributed by atoms with Crippen LogP contribution in [0.15, 0.2) is 24.5 Å². The van der Waals surface area contributed by atoms with E-state index in [1.807, 2.05) is 12.4 Å². The summed E-state index contributed by atoms with van der Waals surface area (Å²) in [6.45, 7) is 8.53. The molecule has 1 aromatic heterocycles. The van der Waals surface area contributed by atoms with E-state index >= 15 is 0 Å². The van der Waals surface area contributed by atoms with Crippen LogP contribution in [0.3, 0.4) is 0 Å². The Balaban J connectivity index is 1.26. The van der Waals surface area contributed by atoms with Gasteiger partial charge in [-0.3, -0.25) is 19.6 Å². The summed E-state index contributed by atoms with van der Waals surface area (Å²) in [4.78, 5) is 24.3. The maximum Gasteiger partial charge on any atom is 0.227 e. The van der Waals surface area contributed by atoms with Gasteiger partial charge in [0.1, 0.15) is 0 Å². The summed E-state index contributed by atoms with van der Waals surface area (Å²) >= 11 is 0. The molecule has 4 rings (SSSR count). The Morgan fingerprint density at radius 1 is 1.00 bits per heavy atom. The number of nitrogens with zero attached hydrogens (tertiary/aromatic N) is 4. The summed E-state index contributed by atoms with van der Waals surface area (Å²) in [5.74, 6) is 0.548. The maximum absolute atomic E-state index is 13.0. The van der Waals surface area contributed by atoms with Crippen LogP contribution in [0, 0.1) is 5.92 Å². The lowest BCUT2D eigenvalue weighted by molar-refractivity contribution is -0.137. The number of piperidine rings is 2. The third-order valence-corrected chi connectivity index (χ3v) is 6.57. The number of rotatable bonds is 4. The van der Waals surface area contributed by atoms with Gasteiger partial charge in [-0.05, 0) is 69.4 Å². The van der Waals surface area contributed by atoms with Gasteiger partial charge in [0, 0.05) is 51.2 Å². The molecule has 0 aromatic carbocycles. The average molecular weight is 387 g/mol. The van der Waals surface area contributed by atoms with Crippen LogP contribution in [0.1, 0.15) is 37.7 Å². The molecule has 3 fully saturated rings. The molecule has 3 aliphatic heterocycles. The van der Waals surface area contributed by atoms with E-state index in [1.54, 1.807) is 0 Å². The number of ether oxygens (including phenoxy) is 1. The van der Waals surface area contributed by atoms with Crippen LogP contribution in [0.5, 0.6) is 0 Å². The van der Waals surface area contributed by atoms with Gasteiger partial charge in [-0.2, -0.15) is 0 Å². The number of carbonyl (C=O) groups excluding carboxylic acids is 1. The first-order valence-corrected chi connectivity index (χ1v) is 11.0. The number of hydrogen-bond acceptors (Lipinski definition) is 5. The lowest BCUT2D eigenvalue weighted by atomic mass is 9.92. The van der Waals surface area contributed by atoms with E-state index in [1.165, 1.54) is 18.4 Å². The first kappa shape index (κ1) is 19.8. The van der Waals surface area contributed by atoms with Gasteiger partial charge >= 0.3 is 0 Å². The lowest BCUT2D eigenvalue weighted by Crippen LogP contribution is -2.51. The minimum absolute atomic E-state index is 0.182. The Kier molecular flexibility index (Phi) is 6.94. The molecular formula is C22H34N4O2. The van der Waals surface area contributed by atoms with Crippen LogP contribution in [-0.2, 0) is 16.1 Å². The van der Waals surface area contributed by atoms with E-state index in [-0.39, 0.29) is 5.92 Å². The third kappa shape index (κ3) is 5.10. The molecule has 1 aromatic rings. The highest BCUT2D eigenvalue weighted by Gasteiger charge is 2.33. The van der Waals surface area contributed by atoms with Crippen molar-refractivity contribution < 1.29 is 9.53 Å². The number of carbonyl (C=O) groups is 1. The number of amides is 1. The zero-order chi connectivity index (χ0) is 19.2. The van der Waals surface area contributed by atoms with Gasteiger partial charge in [0.25, 0.3) is 0 Å². The van der Waals surface area contributed by atoms with Gasteiger partial charge in [0.15, 0.2) is 0 Å². The highest BCUT2D eigenvalue weighted by Crippen LogP contribution is 2.26. The van der Waals surface area contributed by atoms with Gasteiger partial charge < -0.3 is 9.64 Å². The molecule has 4 heterocycles. The van der Waals surface area contributed by atoms with Gasteiger partial charge in [0.05, 0.1) is 12.5 Å². The second-order valence-corrected chi connectivity index (χ2v) is 8.49. The van der Waals surface area contributed by atoms with E-state index in [0.717, 1.165) is 71.7 Å². The van der Waals surface area contributed by atoms with Crippen molar-refractivity contribution in [3.05, 3.63) is 30.1 Å². The second kappa shape index (κ2) is 9.81. The molecule has 154 valence electrons. The van der Waals surface area contributed by atoms with E-state index in [0.29, 0.717) is 18.6 Å². The monoisotopic (exact) mass is 386 g/mol. The van der Waals surface area contributed by atoms with Crippen molar-refractivity contribution in [2.45, 2.75) is 44.7 Å². The average Bonchev–Trinajstić information content (AvgIpc) is 3.04. The molecule has 6 heteroatoms. The van der Waals surface area contributed by atoms with Crippen molar-refractivity contribution in [1.82, 2.24) is 19.7 Å². The predicted octanol–water partition coefficient (Wildman–Crippen LogP) is 2.01. The Bertz CT molecular complexity index is 610. The predicted molar refractivity (Wildman–Crippen MR) is 109 cm³/mol. The molecule has 6 nitrogen and oxygen atoms in total. The van der Waals surface area contributed by atoms with Crippen LogP contribution in [0.4, 0.5) is 0 Å². The van der Waals surface area contributed by atoms with Gasteiger partial charge in [0.2, 0.25) is 5.91 Å². The van der Waals surface area contributed by atoms with Crippen molar-refractivity contribution in [2.24, 2.45) is 5.92 Å². The van der Waals surface area contributed by atoms with Crippen LogP contribution in [-0.4, -0.2) is 84.1 Å².